The normalized spacial score (nSPS) is 13.9. The summed E-state index contributed by atoms with van der Waals surface area (Å²) in [6.07, 6.45) is -0.00684. The number of carbonyl (C=O) groups is 1. The number of nitrogens with zero attached hydrogens (tertiary/aromatic N) is 3. The number of amides is 1. The van der Waals surface area contributed by atoms with Gasteiger partial charge in [0.2, 0.25) is 5.91 Å². The number of aromatic nitrogens is 2. The minimum Gasteiger partial charge on any atom is -0.366 e. The van der Waals surface area contributed by atoms with Gasteiger partial charge in [-0.15, -0.1) is 0 Å². The van der Waals surface area contributed by atoms with E-state index in [9.17, 15) is 14.0 Å². The Morgan fingerprint density at radius 1 is 1.15 bits per heavy atom. The fourth-order valence-corrected chi connectivity index (χ4v) is 4.87. The number of benzene rings is 2. The second-order valence-electron chi connectivity index (χ2n) is 7.85. The number of nitrogens with one attached hydrogen (secondary N) is 1. The number of H-pyrrole nitrogens is 1. The molecule has 0 saturated carbocycles. The highest BCUT2D eigenvalue weighted by Gasteiger charge is 2.24. The predicted molar refractivity (Wildman–Crippen MR) is 130 cm³/mol. The molecule has 1 amide bonds. The van der Waals surface area contributed by atoms with Crippen molar-refractivity contribution in [2.75, 3.05) is 31.1 Å². The van der Waals surface area contributed by atoms with Crippen molar-refractivity contribution in [3.63, 3.8) is 0 Å². The van der Waals surface area contributed by atoms with Gasteiger partial charge in [-0.3, -0.25) is 9.59 Å². The highest BCUT2D eigenvalue weighted by molar-refractivity contribution is 7.98. The van der Waals surface area contributed by atoms with E-state index in [1.807, 2.05) is 29.2 Å². The molecule has 0 bridgehead atoms. The van der Waals surface area contributed by atoms with Crippen molar-refractivity contribution < 1.29 is 9.18 Å². The Labute approximate surface area is 200 Å². The molecule has 1 saturated heterocycles. The fraction of sp³-hybridized carbons (Fsp3) is 0.292. The van der Waals surface area contributed by atoms with Gasteiger partial charge in [-0.05, 0) is 36.8 Å². The molecular formula is C24H24ClFN4O2S. The predicted octanol–water partition coefficient (Wildman–Crippen LogP) is 4.05. The summed E-state index contributed by atoms with van der Waals surface area (Å²) in [5.41, 5.74) is 2.21. The minimum absolute atomic E-state index is 0.00684. The Balaban J connectivity index is 1.36. The lowest BCUT2D eigenvalue weighted by Crippen LogP contribution is -2.49. The lowest BCUT2D eigenvalue weighted by atomic mass is 10.1. The maximum absolute atomic E-state index is 14.0. The van der Waals surface area contributed by atoms with Crippen LogP contribution in [0.2, 0.25) is 5.02 Å². The van der Waals surface area contributed by atoms with E-state index in [0.29, 0.717) is 59.1 Å². The summed E-state index contributed by atoms with van der Waals surface area (Å²) in [6.45, 7) is 3.78. The van der Waals surface area contributed by atoms with Gasteiger partial charge in [-0.1, -0.05) is 47.6 Å². The van der Waals surface area contributed by atoms with Gasteiger partial charge in [-0.2, -0.15) is 0 Å². The van der Waals surface area contributed by atoms with Crippen LogP contribution in [-0.4, -0.2) is 47.0 Å². The van der Waals surface area contributed by atoms with E-state index < -0.39 is 0 Å². The number of rotatable bonds is 6. The lowest BCUT2D eigenvalue weighted by molar-refractivity contribution is -0.130. The van der Waals surface area contributed by atoms with Gasteiger partial charge in [0.05, 0.1) is 12.1 Å². The third-order valence-corrected chi connectivity index (χ3v) is 6.80. The van der Waals surface area contributed by atoms with Crippen LogP contribution in [-0.2, 0) is 17.0 Å². The van der Waals surface area contributed by atoms with E-state index in [1.54, 1.807) is 30.0 Å². The average Bonchev–Trinajstić information content (AvgIpc) is 2.80. The van der Waals surface area contributed by atoms with Gasteiger partial charge in [-0.25, -0.2) is 9.37 Å². The van der Waals surface area contributed by atoms with E-state index in [0.717, 1.165) is 5.56 Å². The molecule has 2 aromatic carbocycles. The number of para-hydroxylation sites is 1. The van der Waals surface area contributed by atoms with Crippen molar-refractivity contribution in [2.24, 2.45) is 0 Å². The zero-order chi connectivity index (χ0) is 23.4. The molecule has 0 unspecified atom stereocenters. The molecule has 1 fully saturated rings. The van der Waals surface area contributed by atoms with Crippen LogP contribution in [0.3, 0.4) is 0 Å². The number of halogens is 2. The van der Waals surface area contributed by atoms with Gasteiger partial charge >= 0.3 is 0 Å². The summed E-state index contributed by atoms with van der Waals surface area (Å²) in [5, 5.41) is 1.17. The highest BCUT2D eigenvalue weighted by atomic mass is 35.5. The van der Waals surface area contributed by atoms with Crippen LogP contribution in [0.5, 0.6) is 0 Å². The first kappa shape index (κ1) is 23.3. The first-order valence-electron chi connectivity index (χ1n) is 10.6. The Bertz CT molecular complexity index is 1210. The van der Waals surface area contributed by atoms with Crippen molar-refractivity contribution in [1.82, 2.24) is 14.9 Å². The van der Waals surface area contributed by atoms with Gasteiger partial charge in [0.15, 0.2) is 5.16 Å². The van der Waals surface area contributed by atoms with Crippen molar-refractivity contribution in [3.05, 3.63) is 86.5 Å². The SMILES string of the molecule is Cc1nc(SCc2cccc(Cl)c2)[nH]c(=O)c1CC(=O)N1CCN(c2ccccc2F)CC1. The number of piperazine rings is 1. The maximum Gasteiger partial charge on any atom is 0.255 e. The van der Waals surface area contributed by atoms with Crippen molar-refractivity contribution in [1.29, 1.82) is 0 Å². The Morgan fingerprint density at radius 3 is 2.61 bits per heavy atom. The molecule has 0 spiro atoms. The molecule has 1 aliphatic heterocycles. The summed E-state index contributed by atoms with van der Waals surface area (Å²) in [5.74, 6) is 0.227. The van der Waals surface area contributed by atoms with E-state index in [4.69, 9.17) is 11.6 Å². The van der Waals surface area contributed by atoms with Crippen LogP contribution in [0.15, 0.2) is 58.5 Å². The Hall–Kier alpha value is -2.84. The van der Waals surface area contributed by atoms with E-state index >= 15 is 0 Å². The largest absolute Gasteiger partial charge is 0.366 e. The highest BCUT2D eigenvalue weighted by Crippen LogP contribution is 2.22. The van der Waals surface area contributed by atoms with E-state index in [-0.39, 0.29) is 23.7 Å². The number of anilines is 1. The lowest BCUT2D eigenvalue weighted by Gasteiger charge is -2.36. The fourth-order valence-electron chi connectivity index (χ4n) is 3.81. The molecule has 33 heavy (non-hydrogen) atoms. The van der Waals surface area contributed by atoms with Crippen molar-refractivity contribution in [3.8, 4) is 0 Å². The van der Waals surface area contributed by atoms with Crippen LogP contribution in [0.25, 0.3) is 0 Å². The number of carbonyl (C=O) groups excluding carboxylic acids is 1. The zero-order valence-corrected chi connectivity index (χ0v) is 19.8. The van der Waals surface area contributed by atoms with Gasteiger partial charge in [0, 0.05) is 48.2 Å². The Kier molecular flexibility index (Phi) is 7.35. The first-order valence-corrected chi connectivity index (χ1v) is 12.0. The zero-order valence-electron chi connectivity index (χ0n) is 18.2. The third kappa shape index (κ3) is 5.75. The molecule has 6 nitrogen and oxygen atoms in total. The number of hydrogen-bond donors (Lipinski definition) is 1. The van der Waals surface area contributed by atoms with Crippen molar-refractivity contribution >= 4 is 35.0 Å². The maximum atomic E-state index is 14.0. The van der Waals surface area contributed by atoms with Crippen LogP contribution < -0.4 is 10.5 Å². The minimum atomic E-state index is -0.297. The smallest absolute Gasteiger partial charge is 0.255 e. The summed E-state index contributed by atoms with van der Waals surface area (Å²) < 4.78 is 14.0. The molecule has 1 N–H and O–H groups in total. The summed E-state index contributed by atoms with van der Waals surface area (Å²) in [7, 11) is 0. The molecule has 172 valence electrons. The molecule has 4 rings (SSSR count). The molecular weight excluding hydrogens is 463 g/mol. The average molecular weight is 487 g/mol. The van der Waals surface area contributed by atoms with Crippen LogP contribution in [0.1, 0.15) is 16.8 Å². The molecule has 0 aliphatic carbocycles. The molecule has 3 aromatic rings. The molecule has 0 radical (unpaired) electrons. The standard InChI is InChI=1S/C24H24ClFN4O2S/c1-16-19(23(32)28-24(27-16)33-15-17-5-4-6-18(25)13-17)14-22(31)30-11-9-29(10-12-30)21-8-3-2-7-20(21)26/h2-8,13H,9-12,14-15H2,1H3,(H,27,28,32). The quantitative estimate of drug-likeness (QED) is 0.420. The molecule has 1 aliphatic rings. The molecule has 2 heterocycles. The number of thioether (sulfide) groups is 1. The van der Waals surface area contributed by atoms with Crippen molar-refractivity contribution in [2.45, 2.75) is 24.3 Å². The second kappa shape index (κ2) is 10.4. The monoisotopic (exact) mass is 486 g/mol. The van der Waals surface area contributed by atoms with Crippen LogP contribution >= 0.6 is 23.4 Å². The Morgan fingerprint density at radius 2 is 1.91 bits per heavy atom. The number of aromatic amines is 1. The molecule has 1 aromatic heterocycles. The third-order valence-electron chi connectivity index (χ3n) is 5.62. The van der Waals surface area contributed by atoms with E-state index in [2.05, 4.69) is 9.97 Å². The first-order chi connectivity index (χ1) is 15.9. The van der Waals surface area contributed by atoms with Gasteiger partial charge in [0.1, 0.15) is 5.82 Å². The molecule has 0 atom stereocenters. The van der Waals surface area contributed by atoms with Crippen LogP contribution in [0, 0.1) is 12.7 Å². The number of hydrogen-bond acceptors (Lipinski definition) is 5. The topological polar surface area (TPSA) is 69.3 Å². The molecule has 9 heteroatoms. The van der Waals surface area contributed by atoms with E-state index in [1.165, 1.54) is 17.8 Å². The van der Waals surface area contributed by atoms with Crippen LogP contribution in [0.4, 0.5) is 10.1 Å². The van der Waals surface area contributed by atoms with Gasteiger partial charge in [0.25, 0.3) is 5.56 Å². The summed E-state index contributed by atoms with van der Waals surface area (Å²) >= 11 is 7.43. The summed E-state index contributed by atoms with van der Waals surface area (Å²) in [4.78, 5) is 36.4. The second-order valence-corrected chi connectivity index (χ2v) is 9.25. The summed E-state index contributed by atoms with van der Waals surface area (Å²) in [6, 6.07) is 14.2. The van der Waals surface area contributed by atoms with Gasteiger partial charge < -0.3 is 14.8 Å². The number of aryl methyl sites for hydroxylation is 1.